The molecule has 0 saturated heterocycles. The SMILES string of the molecule is CC(C)[C@H](O)CCN(C)Cc1ccccc1. The van der Waals surface area contributed by atoms with E-state index in [0.717, 1.165) is 19.5 Å². The lowest BCUT2D eigenvalue weighted by molar-refractivity contribution is 0.103. The molecule has 0 saturated carbocycles. The standard InChI is InChI=1S/C14H23NO/c1-12(2)14(16)9-10-15(3)11-13-7-5-4-6-8-13/h4-8,12,14,16H,9-11H2,1-3H3/t14-/m1/s1. The van der Waals surface area contributed by atoms with Gasteiger partial charge in [0, 0.05) is 13.1 Å². The second-order valence-corrected chi connectivity index (χ2v) is 4.82. The molecule has 0 fully saturated rings. The Labute approximate surface area is 98.9 Å². The molecule has 90 valence electrons. The maximum absolute atomic E-state index is 9.71. The molecule has 1 aromatic carbocycles. The molecule has 0 aromatic heterocycles. The predicted molar refractivity (Wildman–Crippen MR) is 68.2 cm³/mol. The first kappa shape index (κ1) is 13.2. The first-order valence-electron chi connectivity index (χ1n) is 6.00. The van der Waals surface area contributed by atoms with Crippen molar-refractivity contribution in [3.05, 3.63) is 35.9 Å². The molecule has 0 unspecified atom stereocenters. The van der Waals surface area contributed by atoms with Crippen LogP contribution in [0.15, 0.2) is 30.3 Å². The fourth-order valence-electron chi connectivity index (χ4n) is 1.66. The van der Waals surface area contributed by atoms with E-state index in [1.807, 2.05) is 6.07 Å². The Morgan fingerprint density at radius 2 is 1.81 bits per heavy atom. The average molecular weight is 221 g/mol. The summed E-state index contributed by atoms with van der Waals surface area (Å²) in [4.78, 5) is 2.25. The van der Waals surface area contributed by atoms with Gasteiger partial charge in [-0.15, -0.1) is 0 Å². The Morgan fingerprint density at radius 1 is 1.19 bits per heavy atom. The Kier molecular flexibility index (Phi) is 5.50. The van der Waals surface area contributed by atoms with Crippen LogP contribution >= 0.6 is 0 Å². The zero-order chi connectivity index (χ0) is 12.0. The summed E-state index contributed by atoms with van der Waals surface area (Å²) >= 11 is 0. The number of benzene rings is 1. The molecule has 1 atom stereocenters. The average Bonchev–Trinajstić information content (AvgIpc) is 2.27. The third-order valence-electron chi connectivity index (χ3n) is 2.87. The second kappa shape index (κ2) is 6.66. The van der Waals surface area contributed by atoms with Crippen LogP contribution in [-0.2, 0) is 6.54 Å². The molecule has 0 aliphatic carbocycles. The maximum Gasteiger partial charge on any atom is 0.0575 e. The zero-order valence-electron chi connectivity index (χ0n) is 10.6. The van der Waals surface area contributed by atoms with Crippen LogP contribution in [-0.4, -0.2) is 29.7 Å². The van der Waals surface area contributed by atoms with Gasteiger partial charge in [0.05, 0.1) is 6.10 Å². The lowest BCUT2D eigenvalue weighted by Gasteiger charge is -2.20. The van der Waals surface area contributed by atoms with Crippen LogP contribution in [0, 0.1) is 5.92 Å². The Bertz CT molecular complexity index is 284. The third-order valence-corrected chi connectivity index (χ3v) is 2.87. The van der Waals surface area contributed by atoms with E-state index in [4.69, 9.17) is 0 Å². The number of rotatable bonds is 6. The van der Waals surface area contributed by atoms with Gasteiger partial charge < -0.3 is 10.0 Å². The van der Waals surface area contributed by atoms with E-state index in [9.17, 15) is 5.11 Å². The molecule has 16 heavy (non-hydrogen) atoms. The van der Waals surface area contributed by atoms with Crippen LogP contribution in [0.2, 0.25) is 0 Å². The van der Waals surface area contributed by atoms with E-state index in [1.165, 1.54) is 5.56 Å². The molecule has 0 bridgehead atoms. The molecular weight excluding hydrogens is 198 g/mol. The number of hydrogen-bond acceptors (Lipinski definition) is 2. The van der Waals surface area contributed by atoms with Crippen molar-refractivity contribution in [1.29, 1.82) is 0 Å². The van der Waals surface area contributed by atoms with Crippen molar-refractivity contribution < 1.29 is 5.11 Å². The summed E-state index contributed by atoms with van der Waals surface area (Å²) in [5, 5.41) is 9.71. The molecule has 0 spiro atoms. The minimum atomic E-state index is -0.182. The van der Waals surface area contributed by atoms with Gasteiger partial charge in [0.2, 0.25) is 0 Å². The minimum absolute atomic E-state index is 0.182. The van der Waals surface area contributed by atoms with Crippen molar-refractivity contribution in [3.8, 4) is 0 Å². The van der Waals surface area contributed by atoms with Gasteiger partial charge in [0.1, 0.15) is 0 Å². The number of aliphatic hydroxyl groups excluding tert-OH is 1. The third kappa shape index (κ3) is 4.77. The van der Waals surface area contributed by atoms with Crippen LogP contribution in [0.1, 0.15) is 25.8 Å². The van der Waals surface area contributed by atoms with Gasteiger partial charge in [0.25, 0.3) is 0 Å². The van der Waals surface area contributed by atoms with Crippen molar-refractivity contribution in [3.63, 3.8) is 0 Å². The van der Waals surface area contributed by atoms with E-state index < -0.39 is 0 Å². The summed E-state index contributed by atoms with van der Waals surface area (Å²) in [5.74, 6) is 0.352. The zero-order valence-corrected chi connectivity index (χ0v) is 10.6. The molecular formula is C14H23NO. The molecule has 1 rings (SSSR count). The van der Waals surface area contributed by atoms with Crippen LogP contribution in [0.4, 0.5) is 0 Å². The lowest BCUT2D eigenvalue weighted by atomic mass is 10.0. The first-order valence-corrected chi connectivity index (χ1v) is 6.00. The van der Waals surface area contributed by atoms with Crippen molar-refractivity contribution >= 4 is 0 Å². The summed E-state index contributed by atoms with van der Waals surface area (Å²) in [6.07, 6.45) is 0.666. The number of hydrogen-bond donors (Lipinski definition) is 1. The van der Waals surface area contributed by atoms with Crippen molar-refractivity contribution in [2.75, 3.05) is 13.6 Å². The van der Waals surface area contributed by atoms with Gasteiger partial charge in [-0.1, -0.05) is 44.2 Å². The summed E-state index contributed by atoms with van der Waals surface area (Å²) in [7, 11) is 2.10. The number of aliphatic hydroxyl groups is 1. The highest BCUT2D eigenvalue weighted by Crippen LogP contribution is 2.08. The summed E-state index contributed by atoms with van der Waals surface area (Å²) < 4.78 is 0. The minimum Gasteiger partial charge on any atom is -0.393 e. The van der Waals surface area contributed by atoms with E-state index in [2.05, 4.69) is 50.1 Å². The number of nitrogens with zero attached hydrogens (tertiary/aromatic N) is 1. The monoisotopic (exact) mass is 221 g/mol. The van der Waals surface area contributed by atoms with E-state index in [-0.39, 0.29) is 6.10 Å². The Hall–Kier alpha value is -0.860. The molecule has 2 nitrogen and oxygen atoms in total. The highest BCUT2D eigenvalue weighted by Gasteiger charge is 2.10. The van der Waals surface area contributed by atoms with Gasteiger partial charge in [-0.2, -0.15) is 0 Å². The molecule has 1 aromatic rings. The Morgan fingerprint density at radius 3 is 2.38 bits per heavy atom. The van der Waals surface area contributed by atoms with Crippen molar-refractivity contribution in [2.24, 2.45) is 5.92 Å². The van der Waals surface area contributed by atoms with Gasteiger partial charge in [0.15, 0.2) is 0 Å². The van der Waals surface area contributed by atoms with Crippen LogP contribution in [0.25, 0.3) is 0 Å². The van der Waals surface area contributed by atoms with Crippen molar-refractivity contribution in [1.82, 2.24) is 4.90 Å². The highest BCUT2D eigenvalue weighted by molar-refractivity contribution is 5.14. The molecule has 0 amide bonds. The van der Waals surface area contributed by atoms with E-state index >= 15 is 0 Å². The summed E-state index contributed by atoms with van der Waals surface area (Å²) in [5.41, 5.74) is 1.32. The van der Waals surface area contributed by atoms with Crippen LogP contribution in [0.3, 0.4) is 0 Å². The highest BCUT2D eigenvalue weighted by atomic mass is 16.3. The summed E-state index contributed by atoms with van der Waals surface area (Å²) in [6.45, 7) is 6.00. The molecule has 1 N–H and O–H groups in total. The van der Waals surface area contributed by atoms with Gasteiger partial charge in [-0.25, -0.2) is 0 Å². The second-order valence-electron chi connectivity index (χ2n) is 4.82. The van der Waals surface area contributed by atoms with Gasteiger partial charge in [-0.3, -0.25) is 0 Å². The predicted octanol–water partition coefficient (Wildman–Crippen LogP) is 2.53. The molecule has 0 radical (unpaired) electrons. The summed E-state index contributed by atoms with van der Waals surface area (Å²) in [6, 6.07) is 10.4. The largest absolute Gasteiger partial charge is 0.393 e. The molecule has 2 heteroatoms. The Balaban J connectivity index is 2.29. The van der Waals surface area contributed by atoms with Gasteiger partial charge >= 0.3 is 0 Å². The van der Waals surface area contributed by atoms with Crippen molar-refractivity contribution in [2.45, 2.75) is 32.9 Å². The van der Waals surface area contributed by atoms with Gasteiger partial charge in [-0.05, 0) is 24.9 Å². The first-order chi connectivity index (χ1) is 7.59. The molecule has 0 aliphatic rings. The van der Waals surface area contributed by atoms with Crippen LogP contribution in [0.5, 0.6) is 0 Å². The lowest BCUT2D eigenvalue weighted by Crippen LogP contribution is -2.25. The van der Waals surface area contributed by atoms with E-state index in [1.54, 1.807) is 0 Å². The molecule has 0 heterocycles. The topological polar surface area (TPSA) is 23.5 Å². The normalized spacial score (nSPS) is 13.4. The van der Waals surface area contributed by atoms with Crippen LogP contribution < -0.4 is 0 Å². The quantitative estimate of drug-likeness (QED) is 0.798. The smallest absolute Gasteiger partial charge is 0.0575 e. The fraction of sp³-hybridized carbons (Fsp3) is 0.571. The molecule has 0 aliphatic heterocycles. The fourth-order valence-corrected chi connectivity index (χ4v) is 1.66. The van der Waals surface area contributed by atoms with E-state index in [0.29, 0.717) is 5.92 Å². The maximum atomic E-state index is 9.71.